The number of amides is 1. The molecule has 1 amide bonds. The highest BCUT2D eigenvalue weighted by atomic mass is 35.5. The number of benzene rings is 1. The number of anilines is 1. The van der Waals surface area contributed by atoms with E-state index in [1.54, 1.807) is 23.6 Å². The van der Waals surface area contributed by atoms with Crippen molar-refractivity contribution in [3.05, 3.63) is 45.6 Å². The fraction of sp³-hybridized carbons (Fsp3) is 0. The van der Waals surface area contributed by atoms with Crippen LogP contribution in [0, 0.1) is 0 Å². The maximum Gasteiger partial charge on any atom is 0.267 e. The summed E-state index contributed by atoms with van der Waals surface area (Å²) in [5, 5.41) is 5.03. The Hall–Kier alpha value is -0.970. The van der Waals surface area contributed by atoms with Gasteiger partial charge in [0, 0.05) is 10.6 Å². The normalized spacial score (nSPS) is 10.1. The minimum absolute atomic E-state index is 0.188. The number of nitrogens with one attached hydrogen (secondary N) is 1. The van der Waals surface area contributed by atoms with Gasteiger partial charge in [0.15, 0.2) is 0 Å². The maximum atomic E-state index is 11.8. The van der Waals surface area contributed by atoms with Crippen molar-refractivity contribution in [3.8, 4) is 0 Å². The average Bonchev–Trinajstić information content (AvgIpc) is 2.68. The molecule has 0 atom stereocenters. The van der Waals surface area contributed by atoms with Gasteiger partial charge in [0.05, 0.1) is 5.02 Å². The molecule has 0 spiro atoms. The van der Waals surface area contributed by atoms with Crippen molar-refractivity contribution in [1.82, 2.24) is 0 Å². The second-order valence-electron chi connectivity index (χ2n) is 3.10. The van der Waals surface area contributed by atoms with Crippen molar-refractivity contribution in [2.75, 3.05) is 5.32 Å². The van der Waals surface area contributed by atoms with E-state index in [4.69, 9.17) is 11.6 Å². The van der Waals surface area contributed by atoms with Gasteiger partial charge < -0.3 is 5.32 Å². The van der Waals surface area contributed by atoms with Crippen LogP contribution in [0.5, 0.6) is 0 Å². The third-order valence-electron chi connectivity index (χ3n) is 1.95. The summed E-state index contributed by atoms with van der Waals surface area (Å²) in [6.45, 7) is 0. The van der Waals surface area contributed by atoms with Crippen molar-refractivity contribution < 1.29 is 4.79 Å². The van der Waals surface area contributed by atoms with Gasteiger partial charge in [-0.2, -0.15) is 0 Å². The first-order chi connectivity index (χ1) is 7.66. The Bertz CT molecular complexity index is 507. The molecule has 2 nitrogen and oxygen atoms in total. The monoisotopic (exact) mass is 269 g/mol. The minimum Gasteiger partial charge on any atom is -0.321 e. The standard InChI is InChI=1S/C11H8ClNOS2/c12-9-5-6-16-10(9)11(14)13-7-1-3-8(15)4-2-7/h1-6,15H,(H,13,14). The Balaban J connectivity index is 2.14. The number of carbonyl (C=O) groups excluding carboxylic acids is 1. The minimum atomic E-state index is -0.188. The molecule has 0 aliphatic heterocycles. The zero-order valence-corrected chi connectivity index (χ0v) is 10.6. The Morgan fingerprint density at radius 3 is 2.50 bits per heavy atom. The van der Waals surface area contributed by atoms with E-state index in [0.717, 1.165) is 10.6 Å². The molecule has 1 N–H and O–H groups in total. The number of halogens is 1. The summed E-state index contributed by atoms with van der Waals surface area (Å²) in [7, 11) is 0. The summed E-state index contributed by atoms with van der Waals surface area (Å²) in [5.74, 6) is -0.188. The van der Waals surface area contributed by atoms with E-state index >= 15 is 0 Å². The molecule has 1 aromatic heterocycles. The summed E-state index contributed by atoms with van der Waals surface area (Å²) in [6, 6.07) is 8.92. The number of carbonyl (C=O) groups is 1. The molecule has 2 aromatic rings. The molecule has 2 rings (SSSR count). The first-order valence-electron chi connectivity index (χ1n) is 4.50. The van der Waals surface area contributed by atoms with Gasteiger partial charge >= 0.3 is 0 Å². The van der Waals surface area contributed by atoms with Gasteiger partial charge in [-0.1, -0.05) is 11.6 Å². The second kappa shape index (κ2) is 4.91. The third kappa shape index (κ3) is 2.58. The Morgan fingerprint density at radius 2 is 1.94 bits per heavy atom. The molecule has 0 aliphatic rings. The highest BCUT2D eigenvalue weighted by Crippen LogP contribution is 2.23. The van der Waals surface area contributed by atoms with Crippen LogP contribution in [0.1, 0.15) is 9.67 Å². The summed E-state index contributed by atoms with van der Waals surface area (Å²) in [5.41, 5.74) is 0.729. The molecule has 82 valence electrons. The van der Waals surface area contributed by atoms with Gasteiger partial charge in [-0.3, -0.25) is 4.79 Å². The van der Waals surface area contributed by atoms with Crippen molar-refractivity contribution in [1.29, 1.82) is 0 Å². The van der Waals surface area contributed by atoms with Crippen molar-refractivity contribution >= 4 is 47.2 Å². The third-order valence-corrected chi connectivity index (χ3v) is 3.59. The molecule has 0 saturated heterocycles. The van der Waals surface area contributed by atoms with Crippen molar-refractivity contribution in [2.45, 2.75) is 4.90 Å². The van der Waals surface area contributed by atoms with Crippen molar-refractivity contribution in [3.63, 3.8) is 0 Å². The van der Waals surface area contributed by atoms with Crippen LogP contribution in [0.25, 0.3) is 0 Å². The van der Waals surface area contributed by atoms with Crippen LogP contribution in [-0.4, -0.2) is 5.91 Å². The lowest BCUT2D eigenvalue weighted by Crippen LogP contribution is -2.10. The summed E-state index contributed by atoms with van der Waals surface area (Å²) in [6.07, 6.45) is 0. The molecule has 1 aromatic carbocycles. The van der Waals surface area contributed by atoms with Gasteiger partial charge in [-0.05, 0) is 35.7 Å². The number of rotatable bonds is 2. The molecule has 5 heteroatoms. The fourth-order valence-corrected chi connectivity index (χ4v) is 2.37. The Morgan fingerprint density at radius 1 is 1.25 bits per heavy atom. The molecule has 0 fully saturated rings. The molecule has 16 heavy (non-hydrogen) atoms. The van der Waals surface area contributed by atoms with Crippen LogP contribution < -0.4 is 5.32 Å². The predicted molar refractivity (Wildman–Crippen MR) is 71.0 cm³/mol. The van der Waals surface area contributed by atoms with E-state index in [-0.39, 0.29) is 5.91 Å². The fourth-order valence-electron chi connectivity index (χ4n) is 1.19. The van der Waals surface area contributed by atoms with Crippen LogP contribution in [0.4, 0.5) is 5.69 Å². The molecule has 0 aliphatic carbocycles. The van der Waals surface area contributed by atoms with E-state index in [1.165, 1.54) is 11.3 Å². The molecular weight excluding hydrogens is 262 g/mol. The number of thiol groups is 1. The highest BCUT2D eigenvalue weighted by Gasteiger charge is 2.11. The first kappa shape index (κ1) is 11.5. The van der Waals surface area contributed by atoms with E-state index in [1.807, 2.05) is 12.1 Å². The van der Waals surface area contributed by atoms with Gasteiger partial charge in [0.25, 0.3) is 5.91 Å². The second-order valence-corrected chi connectivity index (χ2v) is 4.94. The maximum absolute atomic E-state index is 11.8. The lowest BCUT2D eigenvalue weighted by Gasteiger charge is -2.03. The molecule has 0 bridgehead atoms. The van der Waals surface area contributed by atoms with Crippen LogP contribution >= 0.6 is 35.6 Å². The lowest BCUT2D eigenvalue weighted by atomic mass is 10.3. The van der Waals surface area contributed by atoms with Gasteiger partial charge in [0.1, 0.15) is 4.88 Å². The molecule has 0 saturated carbocycles. The van der Waals surface area contributed by atoms with E-state index in [2.05, 4.69) is 17.9 Å². The highest BCUT2D eigenvalue weighted by molar-refractivity contribution is 7.80. The topological polar surface area (TPSA) is 29.1 Å². The average molecular weight is 270 g/mol. The predicted octanol–water partition coefficient (Wildman–Crippen LogP) is 3.94. The molecular formula is C11H8ClNOS2. The van der Waals surface area contributed by atoms with Gasteiger partial charge in [0.2, 0.25) is 0 Å². The summed E-state index contributed by atoms with van der Waals surface area (Å²) in [4.78, 5) is 13.2. The van der Waals surface area contributed by atoms with Gasteiger partial charge in [-0.15, -0.1) is 24.0 Å². The van der Waals surface area contributed by atoms with Crippen LogP contribution in [0.3, 0.4) is 0 Å². The summed E-state index contributed by atoms with van der Waals surface area (Å²) >= 11 is 11.4. The van der Waals surface area contributed by atoms with Gasteiger partial charge in [-0.25, -0.2) is 0 Å². The summed E-state index contributed by atoms with van der Waals surface area (Å²) < 4.78 is 0. The number of thiophene rings is 1. The SMILES string of the molecule is O=C(Nc1ccc(S)cc1)c1sccc1Cl. The molecule has 0 radical (unpaired) electrons. The van der Waals surface area contributed by atoms with Crippen molar-refractivity contribution in [2.24, 2.45) is 0 Å². The number of hydrogen-bond donors (Lipinski definition) is 2. The van der Waals surface area contributed by atoms with Crippen LogP contribution in [0.15, 0.2) is 40.6 Å². The van der Waals surface area contributed by atoms with Crippen LogP contribution in [-0.2, 0) is 0 Å². The Kier molecular flexibility index (Phi) is 3.53. The Labute approximate surface area is 108 Å². The lowest BCUT2D eigenvalue weighted by molar-refractivity contribution is 0.103. The van der Waals surface area contributed by atoms with Crippen LogP contribution in [0.2, 0.25) is 5.02 Å². The zero-order chi connectivity index (χ0) is 11.5. The molecule has 0 unspecified atom stereocenters. The quantitative estimate of drug-likeness (QED) is 0.795. The smallest absolute Gasteiger partial charge is 0.267 e. The van der Waals surface area contributed by atoms with E-state index in [0.29, 0.717) is 9.90 Å². The van der Waals surface area contributed by atoms with E-state index in [9.17, 15) is 4.79 Å². The molecule has 1 heterocycles. The number of hydrogen-bond acceptors (Lipinski definition) is 3. The first-order valence-corrected chi connectivity index (χ1v) is 6.20. The van der Waals surface area contributed by atoms with E-state index < -0.39 is 0 Å². The largest absolute Gasteiger partial charge is 0.321 e. The zero-order valence-electron chi connectivity index (χ0n) is 8.11.